The van der Waals surface area contributed by atoms with Crippen molar-refractivity contribution in [1.82, 2.24) is 10.2 Å². The van der Waals surface area contributed by atoms with Crippen molar-refractivity contribution in [3.63, 3.8) is 0 Å². The number of nitrogens with zero attached hydrogens (tertiary/aromatic N) is 3. The lowest BCUT2D eigenvalue weighted by Crippen LogP contribution is -1.94. The second-order valence-corrected chi connectivity index (χ2v) is 7.40. The van der Waals surface area contributed by atoms with Crippen LogP contribution in [0.15, 0.2) is 89.1 Å². The number of H-pyrrole nitrogens is 1. The number of rotatable bonds is 5. The number of aromatic amines is 1. The fourth-order valence-electron chi connectivity index (χ4n) is 2.96. The van der Waals surface area contributed by atoms with E-state index in [1.807, 2.05) is 78.9 Å². The highest BCUT2D eigenvalue weighted by molar-refractivity contribution is 7.80. The summed E-state index contributed by atoms with van der Waals surface area (Å²) in [4.78, 5) is 0. The van der Waals surface area contributed by atoms with Crippen molar-refractivity contribution in [2.45, 2.75) is 5.25 Å². The van der Waals surface area contributed by atoms with Crippen molar-refractivity contribution in [3.8, 4) is 11.3 Å². The molecule has 0 amide bonds. The Balaban J connectivity index is 1.67. The molecule has 1 heterocycles. The summed E-state index contributed by atoms with van der Waals surface area (Å²) in [7, 11) is 0. The Morgan fingerprint density at radius 1 is 0.897 bits per heavy atom. The van der Waals surface area contributed by atoms with E-state index in [0.29, 0.717) is 22.2 Å². The molecule has 0 saturated carbocycles. The minimum atomic E-state index is -0.0955. The number of anilines is 1. The number of halogens is 1. The fourth-order valence-corrected chi connectivity index (χ4v) is 3.42. The molecule has 0 fully saturated rings. The molecule has 29 heavy (non-hydrogen) atoms. The van der Waals surface area contributed by atoms with E-state index in [9.17, 15) is 0 Å². The Hall–Kier alpha value is -3.09. The molecule has 0 bridgehead atoms. The monoisotopic (exact) mass is 419 g/mol. The Bertz CT molecular complexity index is 1140. The molecule has 3 N–H and O–H groups in total. The van der Waals surface area contributed by atoms with Crippen LogP contribution in [-0.2, 0) is 0 Å². The van der Waals surface area contributed by atoms with Gasteiger partial charge in [-0.25, -0.2) is 0 Å². The third-order valence-electron chi connectivity index (χ3n) is 4.47. The summed E-state index contributed by atoms with van der Waals surface area (Å²) in [6.07, 6.45) is 0. The first kappa shape index (κ1) is 19.2. The van der Waals surface area contributed by atoms with Gasteiger partial charge in [0.2, 0.25) is 0 Å². The maximum atomic E-state index is 6.02. The molecule has 1 aromatic heterocycles. The van der Waals surface area contributed by atoms with Gasteiger partial charge in [0.25, 0.3) is 0 Å². The minimum Gasteiger partial charge on any atom is -0.380 e. The van der Waals surface area contributed by atoms with Crippen LogP contribution in [-0.4, -0.2) is 10.2 Å². The van der Waals surface area contributed by atoms with Crippen molar-refractivity contribution >= 4 is 41.4 Å². The van der Waals surface area contributed by atoms with E-state index in [2.05, 4.69) is 20.4 Å². The molecule has 0 saturated heterocycles. The number of benzene rings is 3. The van der Waals surface area contributed by atoms with Crippen LogP contribution in [0.3, 0.4) is 0 Å². The van der Waals surface area contributed by atoms with Gasteiger partial charge in [-0.3, -0.25) is 5.10 Å². The van der Waals surface area contributed by atoms with Crippen LogP contribution < -0.4 is 5.73 Å². The highest BCUT2D eigenvalue weighted by Gasteiger charge is 2.15. The average Bonchev–Trinajstić information content (AvgIpc) is 3.13. The van der Waals surface area contributed by atoms with Gasteiger partial charge in [0, 0.05) is 10.6 Å². The second kappa shape index (κ2) is 8.51. The summed E-state index contributed by atoms with van der Waals surface area (Å²) in [6, 6.07) is 25.2. The molecule has 7 heteroatoms. The van der Waals surface area contributed by atoms with Gasteiger partial charge in [-0.05, 0) is 41.5 Å². The predicted octanol–water partition coefficient (Wildman–Crippen LogP) is 6.75. The van der Waals surface area contributed by atoms with Gasteiger partial charge in [0.15, 0.2) is 11.5 Å². The van der Waals surface area contributed by atoms with E-state index < -0.39 is 0 Å². The molecule has 0 aliphatic rings. The molecule has 0 aliphatic heterocycles. The predicted molar refractivity (Wildman–Crippen MR) is 121 cm³/mol. The van der Waals surface area contributed by atoms with Crippen LogP contribution in [0.2, 0.25) is 5.02 Å². The third-order valence-corrected chi connectivity index (χ3v) is 5.31. The van der Waals surface area contributed by atoms with Gasteiger partial charge >= 0.3 is 0 Å². The molecule has 0 radical (unpaired) electrons. The molecular weight excluding hydrogens is 402 g/mol. The zero-order chi connectivity index (χ0) is 20.2. The van der Waals surface area contributed by atoms with Crippen LogP contribution in [0, 0.1) is 0 Å². The van der Waals surface area contributed by atoms with Crippen molar-refractivity contribution in [2.75, 3.05) is 5.73 Å². The standard InChI is InChI=1S/C22H18ClN5S/c23-17-11-9-14(10-12-17)21(29)16-6-4-5-15(13-16)19-20(22(24)28-26-19)27-25-18-7-2-1-3-8-18/h1-13,21,29H,(H3,24,26,28). The number of aromatic nitrogens is 2. The van der Waals surface area contributed by atoms with E-state index in [0.717, 1.165) is 22.4 Å². The molecule has 0 aliphatic carbocycles. The molecule has 5 nitrogen and oxygen atoms in total. The topological polar surface area (TPSA) is 79.4 Å². The van der Waals surface area contributed by atoms with E-state index in [-0.39, 0.29) is 5.25 Å². The zero-order valence-electron chi connectivity index (χ0n) is 15.3. The van der Waals surface area contributed by atoms with Gasteiger partial charge in [-0.2, -0.15) is 22.8 Å². The second-order valence-electron chi connectivity index (χ2n) is 6.45. The summed E-state index contributed by atoms with van der Waals surface area (Å²) in [5, 5.41) is 16.3. The number of hydrogen-bond acceptors (Lipinski definition) is 5. The molecule has 4 aromatic rings. The Kier molecular flexibility index (Phi) is 5.64. The average molecular weight is 420 g/mol. The normalized spacial score (nSPS) is 12.3. The third kappa shape index (κ3) is 4.34. The van der Waals surface area contributed by atoms with E-state index in [4.69, 9.17) is 30.0 Å². The lowest BCUT2D eigenvalue weighted by molar-refractivity contribution is 1.10. The molecule has 1 atom stereocenters. The molecule has 3 aromatic carbocycles. The first-order valence-corrected chi connectivity index (χ1v) is 9.86. The van der Waals surface area contributed by atoms with Gasteiger partial charge in [0.05, 0.1) is 16.6 Å². The maximum Gasteiger partial charge on any atom is 0.173 e. The molecule has 0 spiro atoms. The summed E-state index contributed by atoms with van der Waals surface area (Å²) in [5.41, 5.74) is 11.0. The van der Waals surface area contributed by atoms with E-state index in [1.54, 1.807) is 0 Å². The quantitative estimate of drug-likeness (QED) is 0.247. The highest BCUT2D eigenvalue weighted by atomic mass is 35.5. The van der Waals surface area contributed by atoms with Gasteiger partial charge in [-0.1, -0.05) is 60.1 Å². The molecule has 4 rings (SSSR count). The molecular formula is C22H18ClN5S. The summed E-state index contributed by atoms with van der Waals surface area (Å²) >= 11 is 10.8. The number of thiol groups is 1. The largest absolute Gasteiger partial charge is 0.380 e. The summed E-state index contributed by atoms with van der Waals surface area (Å²) < 4.78 is 0. The Morgan fingerprint density at radius 2 is 1.66 bits per heavy atom. The summed E-state index contributed by atoms with van der Waals surface area (Å²) in [6.45, 7) is 0. The van der Waals surface area contributed by atoms with Crippen LogP contribution in [0.4, 0.5) is 17.2 Å². The van der Waals surface area contributed by atoms with Crippen LogP contribution in [0.25, 0.3) is 11.3 Å². The number of nitrogen functional groups attached to an aromatic ring is 1. The number of hydrogen-bond donors (Lipinski definition) is 3. The Morgan fingerprint density at radius 3 is 2.41 bits per heavy atom. The van der Waals surface area contributed by atoms with E-state index in [1.165, 1.54) is 0 Å². The summed E-state index contributed by atoms with van der Waals surface area (Å²) in [5.74, 6) is 0.296. The first-order valence-electron chi connectivity index (χ1n) is 8.96. The van der Waals surface area contributed by atoms with Crippen molar-refractivity contribution in [1.29, 1.82) is 0 Å². The van der Waals surface area contributed by atoms with Gasteiger partial charge in [-0.15, -0.1) is 5.11 Å². The van der Waals surface area contributed by atoms with Gasteiger partial charge < -0.3 is 5.73 Å². The number of nitrogens with one attached hydrogen (secondary N) is 1. The van der Waals surface area contributed by atoms with Crippen molar-refractivity contribution in [2.24, 2.45) is 10.2 Å². The smallest absolute Gasteiger partial charge is 0.173 e. The molecule has 144 valence electrons. The first-order chi connectivity index (χ1) is 14.1. The van der Waals surface area contributed by atoms with Gasteiger partial charge in [0.1, 0.15) is 0 Å². The zero-order valence-corrected chi connectivity index (χ0v) is 17.0. The number of nitrogens with two attached hydrogens (primary N) is 1. The van der Waals surface area contributed by atoms with Crippen molar-refractivity contribution in [3.05, 3.63) is 95.0 Å². The lowest BCUT2D eigenvalue weighted by Gasteiger charge is -2.13. The fraction of sp³-hybridized carbons (Fsp3) is 0.0455. The van der Waals surface area contributed by atoms with E-state index >= 15 is 0 Å². The number of azo groups is 1. The van der Waals surface area contributed by atoms with Crippen molar-refractivity contribution < 1.29 is 0 Å². The molecule has 1 unspecified atom stereocenters. The van der Waals surface area contributed by atoms with Crippen LogP contribution in [0.1, 0.15) is 16.4 Å². The minimum absolute atomic E-state index is 0.0955. The SMILES string of the molecule is Nc1n[nH]c(-c2cccc(C(S)c3ccc(Cl)cc3)c2)c1N=Nc1ccccc1. The lowest BCUT2D eigenvalue weighted by atomic mass is 10.0. The Labute approximate surface area is 179 Å². The van der Waals surface area contributed by atoms with Crippen LogP contribution in [0.5, 0.6) is 0 Å². The highest BCUT2D eigenvalue weighted by Crippen LogP contribution is 2.37. The van der Waals surface area contributed by atoms with Crippen LogP contribution >= 0.6 is 24.2 Å². The maximum absolute atomic E-state index is 6.02.